The van der Waals surface area contributed by atoms with E-state index >= 15 is 0 Å². The Kier molecular flexibility index (Phi) is 4.59. The van der Waals surface area contributed by atoms with Crippen LogP contribution in [0.5, 0.6) is 0 Å². The summed E-state index contributed by atoms with van der Waals surface area (Å²) in [4.78, 5) is 12.1. The molecule has 0 radical (unpaired) electrons. The number of rotatable bonds is 5. The van der Waals surface area contributed by atoms with Crippen LogP contribution in [0, 0.1) is 6.92 Å². The number of hydrogen-bond acceptors (Lipinski definition) is 2. The third kappa shape index (κ3) is 3.97. The normalized spacial score (nSPS) is 10.1. The Morgan fingerprint density at radius 1 is 1.10 bits per heavy atom. The molecule has 0 aliphatic heterocycles. The van der Waals surface area contributed by atoms with Gasteiger partial charge in [0.2, 0.25) is 0 Å². The number of allylic oxidation sites excluding steroid dienone is 1. The minimum absolute atomic E-state index is 0.0523. The van der Waals surface area contributed by atoms with Crippen LogP contribution in [0.25, 0.3) is 0 Å². The van der Waals surface area contributed by atoms with Crippen molar-refractivity contribution < 1.29 is 4.79 Å². The molecule has 0 saturated heterocycles. The Morgan fingerprint density at radius 3 is 2.30 bits per heavy atom. The number of halogens is 1. The van der Waals surface area contributed by atoms with Crippen LogP contribution in [0.15, 0.2) is 60.8 Å². The maximum Gasteiger partial charge on any atom is 0.168 e. The number of Topliss-reactive ketones (excluding diaryl/α,β-unsaturated/α-hetero) is 1. The number of carbonyl (C=O) groups excluding carboxylic acids is 1. The largest absolute Gasteiger partial charge is 0.359 e. The lowest BCUT2D eigenvalue weighted by atomic mass is 10.1. The van der Waals surface area contributed by atoms with E-state index in [1.54, 1.807) is 12.1 Å². The summed E-state index contributed by atoms with van der Waals surface area (Å²) >= 11 is 5.82. The van der Waals surface area contributed by atoms with E-state index in [-0.39, 0.29) is 12.2 Å². The molecule has 0 aliphatic carbocycles. The van der Waals surface area contributed by atoms with Gasteiger partial charge in [-0.25, -0.2) is 0 Å². The lowest BCUT2D eigenvalue weighted by Crippen LogP contribution is -2.06. The zero-order valence-corrected chi connectivity index (χ0v) is 12.1. The van der Waals surface area contributed by atoms with Crippen LogP contribution in [0.4, 0.5) is 5.69 Å². The number of anilines is 1. The van der Waals surface area contributed by atoms with Crippen LogP contribution in [0.2, 0.25) is 5.02 Å². The first-order valence-electron chi connectivity index (χ1n) is 6.35. The monoisotopic (exact) mass is 285 g/mol. The highest BCUT2D eigenvalue weighted by Gasteiger charge is 2.07. The van der Waals surface area contributed by atoms with Crippen LogP contribution in [0.1, 0.15) is 22.3 Å². The van der Waals surface area contributed by atoms with Crippen LogP contribution in [-0.2, 0) is 0 Å². The molecular formula is C17H16ClNO. The van der Waals surface area contributed by atoms with Crippen molar-refractivity contribution in [1.29, 1.82) is 0 Å². The molecule has 2 aromatic carbocycles. The third-order valence-corrected chi connectivity index (χ3v) is 3.16. The minimum Gasteiger partial charge on any atom is -0.359 e. The second-order valence-electron chi connectivity index (χ2n) is 4.70. The molecule has 3 heteroatoms. The van der Waals surface area contributed by atoms with Gasteiger partial charge in [0.1, 0.15) is 0 Å². The zero-order chi connectivity index (χ0) is 14.5. The number of benzene rings is 2. The fourth-order valence-corrected chi connectivity index (χ4v) is 1.94. The SMILES string of the molecule is C=C(CC(=O)c1ccc(C)cc1)Nc1ccc(Cl)cc1. The lowest BCUT2D eigenvalue weighted by Gasteiger charge is -2.09. The summed E-state index contributed by atoms with van der Waals surface area (Å²) in [6, 6.07) is 14.8. The molecule has 2 nitrogen and oxygen atoms in total. The summed E-state index contributed by atoms with van der Waals surface area (Å²) in [5, 5.41) is 3.78. The van der Waals surface area contributed by atoms with Crippen molar-refractivity contribution in [3.63, 3.8) is 0 Å². The Balaban J connectivity index is 1.95. The molecule has 0 atom stereocenters. The summed E-state index contributed by atoms with van der Waals surface area (Å²) in [5.41, 5.74) is 3.38. The first-order chi connectivity index (χ1) is 9.54. The molecule has 0 bridgehead atoms. The van der Waals surface area contributed by atoms with Crippen molar-refractivity contribution in [3.8, 4) is 0 Å². The van der Waals surface area contributed by atoms with Gasteiger partial charge in [0.15, 0.2) is 5.78 Å². The fourth-order valence-electron chi connectivity index (χ4n) is 1.82. The minimum atomic E-state index is 0.0523. The number of carbonyl (C=O) groups is 1. The predicted octanol–water partition coefficient (Wildman–Crippen LogP) is 4.85. The standard InChI is InChI=1S/C17H16ClNO/c1-12-3-5-14(6-4-12)17(20)11-13(2)19-16-9-7-15(18)8-10-16/h3-10,19H,2,11H2,1H3. The molecule has 0 spiro atoms. The Bertz CT molecular complexity index is 614. The van der Waals surface area contributed by atoms with E-state index in [2.05, 4.69) is 11.9 Å². The molecule has 0 aliphatic rings. The van der Waals surface area contributed by atoms with E-state index in [4.69, 9.17) is 11.6 Å². The van der Waals surface area contributed by atoms with Gasteiger partial charge in [-0.15, -0.1) is 0 Å². The van der Waals surface area contributed by atoms with Crippen LogP contribution in [0.3, 0.4) is 0 Å². The summed E-state index contributed by atoms with van der Waals surface area (Å²) < 4.78 is 0. The second-order valence-corrected chi connectivity index (χ2v) is 5.14. The molecular weight excluding hydrogens is 270 g/mol. The average Bonchev–Trinajstić information content (AvgIpc) is 2.42. The van der Waals surface area contributed by atoms with Gasteiger partial charge >= 0.3 is 0 Å². The summed E-state index contributed by atoms with van der Waals surface area (Å²) in [6.07, 6.45) is 0.270. The molecule has 102 valence electrons. The van der Waals surface area contributed by atoms with E-state index in [1.165, 1.54) is 0 Å². The molecule has 0 saturated carbocycles. The maximum atomic E-state index is 12.1. The molecule has 2 rings (SSSR count). The average molecular weight is 286 g/mol. The van der Waals surface area contributed by atoms with Crippen molar-refractivity contribution in [2.45, 2.75) is 13.3 Å². The van der Waals surface area contributed by atoms with E-state index in [0.717, 1.165) is 11.3 Å². The molecule has 0 aromatic heterocycles. The van der Waals surface area contributed by atoms with Crippen molar-refractivity contribution >= 4 is 23.1 Å². The Hall–Kier alpha value is -2.06. The number of hydrogen-bond donors (Lipinski definition) is 1. The van der Waals surface area contributed by atoms with Gasteiger partial charge in [-0.2, -0.15) is 0 Å². The summed E-state index contributed by atoms with van der Waals surface area (Å²) in [7, 11) is 0. The van der Waals surface area contributed by atoms with E-state index in [1.807, 2.05) is 43.3 Å². The summed E-state index contributed by atoms with van der Waals surface area (Å²) in [6.45, 7) is 5.89. The smallest absolute Gasteiger partial charge is 0.168 e. The van der Waals surface area contributed by atoms with Crippen LogP contribution >= 0.6 is 11.6 Å². The summed E-state index contributed by atoms with van der Waals surface area (Å²) in [5.74, 6) is 0.0523. The van der Waals surface area contributed by atoms with E-state index in [9.17, 15) is 4.79 Å². The quantitative estimate of drug-likeness (QED) is 0.796. The van der Waals surface area contributed by atoms with Gasteiger partial charge in [-0.3, -0.25) is 4.79 Å². The number of nitrogens with one attached hydrogen (secondary N) is 1. The van der Waals surface area contributed by atoms with Gasteiger partial charge < -0.3 is 5.32 Å². The van der Waals surface area contributed by atoms with Gasteiger partial charge in [0, 0.05) is 22.0 Å². The highest BCUT2D eigenvalue weighted by Crippen LogP contribution is 2.17. The van der Waals surface area contributed by atoms with Crippen molar-refractivity contribution in [2.24, 2.45) is 0 Å². The Morgan fingerprint density at radius 2 is 1.70 bits per heavy atom. The first-order valence-corrected chi connectivity index (χ1v) is 6.72. The fraction of sp³-hybridized carbons (Fsp3) is 0.118. The van der Waals surface area contributed by atoms with Crippen molar-refractivity contribution in [2.75, 3.05) is 5.32 Å². The highest BCUT2D eigenvalue weighted by molar-refractivity contribution is 6.30. The van der Waals surface area contributed by atoms with Gasteiger partial charge in [0.25, 0.3) is 0 Å². The van der Waals surface area contributed by atoms with Crippen LogP contribution < -0.4 is 5.32 Å². The van der Waals surface area contributed by atoms with Gasteiger partial charge in [0.05, 0.1) is 6.42 Å². The van der Waals surface area contributed by atoms with Crippen molar-refractivity contribution in [3.05, 3.63) is 77.0 Å². The van der Waals surface area contributed by atoms with Crippen molar-refractivity contribution in [1.82, 2.24) is 0 Å². The molecule has 0 amide bonds. The van der Waals surface area contributed by atoms with Gasteiger partial charge in [-0.05, 0) is 31.2 Å². The zero-order valence-electron chi connectivity index (χ0n) is 11.3. The maximum absolute atomic E-state index is 12.1. The third-order valence-electron chi connectivity index (χ3n) is 2.91. The molecule has 2 aromatic rings. The molecule has 0 heterocycles. The first kappa shape index (κ1) is 14.4. The lowest BCUT2D eigenvalue weighted by molar-refractivity contribution is 0.0993. The molecule has 1 N–H and O–H groups in total. The van der Waals surface area contributed by atoms with E-state index in [0.29, 0.717) is 16.3 Å². The highest BCUT2D eigenvalue weighted by atomic mass is 35.5. The second kappa shape index (κ2) is 6.40. The Labute approximate surface area is 124 Å². The topological polar surface area (TPSA) is 29.1 Å². The van der Waals surface area contributed by atoms with E-state index < -0.39 is 0 Å². The number of ketones is 1. The molecule has 0 unspecified atom stereocenters. The van der Waals surface area contributed by atoms with Gasteiger partial charge in [-0.1, -0.05) is 48.0 Å². The molecule has 20 heavy (non-hydrogen) atoms. The van der Waals surface area contributed by atoms with Crippen LogP contribution in [-0.4, -0.2) is 5.78 Å². The predicted molar refractivity (Wildman–Crippen MR) is 84.3 cm³/mol. The molecule has 0 fully saturated rings. The number of aryl methyl sites for hydroxylation is 1.